The minimum Gasteiger partial charge on any atom is -0.396 e. The maximum atomic E-state index is 14.4. The van der Waals surface area contributed by atoms with Crippen LogP contribution in [-0.2, 0) is 32.2 Å². The molecule has 8 heteroatoms. The zero-order chi connectivity index (χ0) is 28.6. The number of aliphatic hydroxyl groups is 1. The van der Waals surface area contributed by atoms with Crippen LogP contribution < -0.4 is 0 Å². The van der Waals surface area contributed by atoms with Gasteiger partial charge in [-0.05, 0) is 30.9 Å². The number of carbonyl (C=O) groups is 3. The summed E-state index contributed by atoms with van der Waals surface area (Å²) in [7, 11) is 0. The Labute approximate surface area is 240 Å². The Morgan fingerprint density at radius 1 is 0.780 bits per heavy atom. The molecule has 5 atom stereocenters. The average molecular weight is 556 g/mol. The number of fused-ring (bicyclic) bond motifs is 2. The van der Waals surface area contributed by atoms with Crippen LogP contribution in [0.15, 0.2) is 85.0 Å². The molecule has 214 valence electrons. The van der Waals surface area contributed by atoms with Crippen molar-refractivity contribution in [2.45, 2.75) is 50.1 Å². The molecule has 8 nitrogen and oxygen atoms in total. The zero-order valence-electron chi connectivity index (χ0n) is 23.4. The summed E-state index contributed by atoms with van der Waals surface area (Å²) >= 11 is 0. The fraction of sp³-hybridized carbons (Fsp3) is 0.424. The molecular weight excluding hydrogens is 518 g/mol. The summed E-state index contributed by atoms with van der Waals surface area (Å²) in [5.74, 6) is -2.17. The molecule has 1 unspecified atom stereocenters. The van der Waals surface area contributed by atoms with Crippen LogP contribution in [0.1, 0.15) is 30.9 Å². The lowest BCUT2D eigenvalue weighted by Crippen LogP contribution is -2.55. The molecule has 2 aromatic carbocycles. The number of ether oxygens (including phenoxy) is 1. The summed E-state index contributed by atoms with van der Waals surface area (Å²) in [6, 6.07) is 18.7. The first-order valence-corrected chi connectivity index (χ1v) is 14.5. The van der Waals surface area contributed by atoms with Gasteiger partial charge in [-0.15, -0.1) is 0 Å². The number of likely N-dealkylation sites (tertiary alicyclic amines) is 1. The van der Waals surface area contributed by atoms with Crippen molar-refractivity contribution in [1.82, 2.24) is 14.7 Å². The van der Waals surface area contributed by atoms with Gasteiger partial charge in [-0.3, -0.25) is 14.4 Å². The number of aliphatic hydroxyl groups excluding tert-OH is 1. The number of unbranched alkanes of at least 4 members (excludes halogenated alkanes) is 1. The quantitative estimate of drug-likeness (QED) is 0.400. The van der Waals surface area contributed by atoms with Gasteiger partial charge >= 0.3 is 0 Å². The van der Waals surface area contributed by atoms with Gasteiger partial charge in [-0.25, -0.2) is 0 Å². The molecule has 4 aliphatic heterocycles. The maximum absolute atomic E-state index is 14.4. The second kappa shape index (κ2) is 10.9. The number of amides is 3. The van der Waals surface area contributed by atoms with E-state index in [4.69, 9.17) is 4.74 Å². The first-order valence-electron chi connectivity index (χ1n) is 14.5. The third-order valence-electron chi connectivity index (χ3n) is 8.96. The lowest BCUT2D eigenvalue weighted by molar-refractivity contribution is -0.153. The number of hydrogen-bond donors (Lipinski definition) is 1. The molecule has 4 heterocycles. The van der Waals surface area contributed by atoms with Gasteiger partial charge < -0.3 is 24.5 Å². The predicted molar refractivity (Wildman–Crippen MR) is 153 cm³/mol. The number of benzene rings is 2. The van der Waals surface area contributed by atoms with Gasteiger partial charge in [-0.2, -0.15) is 0 Å². The summed E-state index contributed by atoms with van der Waals surface area (Å²) in [4.78, 5) is 48.2. The van der Waals surface area contributed by atoms with E-state index in [1.54, 1.807) is 14.7 Å². The third kappa shape index (κ3) is 4.69. The second-order valence-corrected chi connectivity index (χ2v) is 11.7. The molecule has 3 amide bonds. The standard InChI is InChI=1S/C33H37N3O5/c1-32-16-10-18-34(22-24-12-4-2-5-13-24)29(38)26(32)27-30(39)36(20-8-9-21-37)28-31(40)35(19-11-17-33(27,28)41-32)23-25-14-6-3-7-15-25/h2-7,10-17,26-28,37H,8-9,18-23H2,1H3/t26-,27-,28?,32+,33-/m0/s1. The van der Waals surface area contributed by atoms with Crippen LogP contribution in [0.3, 0.4) is 0 Å². The minimum atomic E-state index is -1.27. The van der Waals surface area contributed by atoms with E-state index in [9.17, 15) is 19.5 Å². The maximum Gasteiger partial charge on any atom is 0.249 e. The van der Waals surface area contributed by atoms with E-state index in [-0.39, 0.29) is 24.3 Å². The van der Waals surface area contributed by atoms with Crippen molar-refractivity contribution in [3.63, 3.8) is 0 Å². The van der Waals surface area contributed by atoms with Crippen molar-refractivity contribution in [1.29, 1.82) is 0 Å². The van der Waals surface area contributed by atoms with Gasteiger partial charge in [0.1, 0.15) is 11.6 Å². The Hall–Kier alpha value is -3.75. The van der Waals surface area contributed by atoms with Crippen LogP contribution in [0.2, 0.25) is 0 Å². The van der Waals surface area contributed by atoms with Crippen molar-refractivity contribution in [3.05, 3.63) is 96.1 Å². The molecule has 0 bridgehead atoms. The Bertz CT molecular complexity index is 1360. The van der Waals surface area contributed by atoms with Crippen molar-refractivity contribution in [3.8, 4) is 0 Å². The molecule has 4 aliphatic rings. The Morgan fingerprint density at radius 2 is 1.37 bits per heavy atom. The Kier molecular flexibility index (Phi) is 7.30. The summed E-state index contributed by atoms with van der Waals surface area (Å²) in [5, 5.41) is 9.43. The highest BCUT2D eigenvalue weighted by molar-refractivity contribution is 6.00. The average Bonchev–Trinajstić information content (AvgIpc) is 3.25. The third-order valence-corrected chi connectivity index (χ3v) is 8.96. The van der Waals surface area contributed by atoms with Gasteiger partial charge in [-0.1, -0.05) is 85.0 Å². The Morgan fingerprint density at radius 3 is 1.98 bits per heavy atom. The fourth-order valence-electron chi connectivity index (χ4n) is 7.14. The zero-order valence-corrected chi connectivity index (χ0v) is 23.4. The molecule has 6 rings (SSSR count). The van der Waals surface area contributed by atoms with Gasteiger partial charge in [0.15, 0.2) is 0 Å². The summed E-state index contributed by atoms with van der Waals surface area (Å²) < 4.78 is 6.89. The van der Waals surface area contributed by atoms with Gasteiger partial charge in [0.25, 0.3) is 0 Å². The monoisotopic (exact) mass is 555 g/mol. The molecule has 1 N–H and O–H groups in total. The number of carbonyl (C=O) groups excluding carboxylic acids is 3. The highest BCUT2D eigenvalue weighted by atomic mass is 16.5. The Balaban J connectivity index is 1.38. The van der Waals surface area contributed by atoms with E-state index >= 15 is 0 Å². The summed E-state index contributed by atoms with van der Waals surface area (Å²) in [6.07, 6.45) is 8.73. The largest absolute Gasteiger partial charge is 0.396 e. The normalized spacial score (nSPS) is 30.7. The fourth-order valence-corrected chi connectivity index (χ4v) is 7.14. The van der Waals surface area contributed by atoms with E-state index in [1.807, 2.05) is 91.9 Å². The van der Waals surface area contributed by atoms with Crippen LogP contribution in [-0.4, -0.2) is 81.0 Å². The molecule has 2 fully saturated rings. The lowest BCUT2D eigenvalue weighted by Gasteiger charge is -2.37. The van der Waals surface area contributed by atoms with E-state index in [0.717, 1.165) is 11.1 Å². The van der Waals surface area contributed by atoms with Crippen molar-refractivity contribution < 1.29 is 24.2 Å². The lowest BCUT2D eigenvalue weighted by atomic mass is 9.74. The van der Waals surface area contributed by atoms with Gasteiger partial charge in [0.2, 0.25) is 17.7 Å². The van der Waals surface area contributed by atoms with Crippen LogP contribution in [0, 0.1) is 11.8 Å². The van der Waals surface area contributed by atoms with Gasteiger partial charge in [0, 0.05) is 39.3 Å². The predicted octanol–water partition coefficient (Wildman–Crippen LogP) is 2.93. The molecule has 41 heavy (non-hydrogen) atoms. The molecule has 2 aromatic rings. The molecule has 0 saturated carbocycles. The molecular formula is C33H37N3O5. The summed E-state index contributed by atoms with van der Waals surface area (Å²) in [5.41, 5.74) is -0.309. The van der Waals surface area contributed by atoms with Crippen molar-refractivity contribution >= 4 is 17.7 Å². The smallest absolute Gasteiger partial charge is 0.249 e. The minimum absolute atomic E-state index is 0.00414. The van der Waals surface area contributed by atoms with E-state index < -0.39 is 29.1 Å². The van der Waals surface area contributed by atoms with E-state index in [0.29, 0.717) is 45.6 Å². The summed E-state index contributed by atoms with van der Waals surface area (Å²) in [6.45, 7) is 3.82. The van der Waals surface area contributed by atoms with E-state index in [1.165, 1.54) is 0 Å². The molecule has 0 aliphatic carbocycles. The second-order valence-electron chi connectivity index (χ2n) is 11.7. The van der Waals surface area contributed by atoms with Crippen LogP contribution in [0.4, 0.5) is 0 Å². The van der Waals surface area contributed by atoms with Crippen LogP contribution >= 0.6 is 0 Å². The number of rotatable bonds is 8. The molecule has 0 radical (unpaired) electrons. The van der Waals surface area contributed by atoms with Crippen LogP contribution in [0.25, 0.3) is 0 Å². The highest BCUT2D eigenvalue weighted by Crippen LogP contribution is 2.57. The topological polar surface area (TPSA) is 90.4 Å². The van der Waals surface area contributed by atoms with E-state index in [2.05, 4.69) is 0 Å². The van der Waals surface area contributed by atoms with Crippen molar-refractivity contribution in [2.24, 2.45) is 11.8 Å². The number of hydrogen-bond acceptors (Lipinski definition) is 5. The van der Waals surface area contributed by atoms with Crippen molar-refractivity contribution in [2.75, 3.05) is 26.2 Å². The molecule has 0 aromatic heterocycles. The SMILES string of the molecule is C[C@@]12C=CCN(Cc3ccccc3)C(=O)[C@@H]1[C@H]1C(=O)N(CCCCO)C3C(=O)N(Cc4ccccc4)CC=C[C@@]31O2. The molecule has 1 spiro atoms. The van der Waals surface area contributed by atoms with Gasteiger partial charge in [0.05, 0.1) is 17.4 Å². The highest BCUT2D eigenvalue weighted by Gasteiger charge is 2.74. The first kappa shape index (κ1) is 27.4. The number of nitrogens with zero attached hydrogens (tertiary/aromatic N) is 3. The first-order chi connectivity index (χ1) is 19.9. The molecule has 2 saturated heterocycles. The van der Waals surface area contributed by atoms with Crippen LogP contribution in [0.5, 0.6) is 0 Å².